The lowest BCUT2D eigenvalue weighted by molar-refractivity contribution is -0.146. The number of aryl methyl sites for hydroxylation is 1. The summed E-state index contributed by atoms with van der Waals surface area (Å²) < 4.78 is 39.2. The molecule has 2 rings (SSSR count). The van der Waals surface area contributed by atoms with Crippen LogP contribution in [0.3, 0.4) is 0 Å². The minimum absolute atomic E-state index is 0.0155. The van der Waals surface area contributed by atoms with Gasteiger partial charge in [0.2, 0.25) is 5.82 Å². The van der Waals surface area contributed by atoms with Crippen LogP contribution in [0.2, 0.25) is 0 Å². The summed E-state index contributed by atoms with van der Waals surface area (Å²) >= 11 is 0. The Bertz CT molecular complexity index is 625. The quantitative estimate of drug-likeness (QED) is 0.839. The summed E-state index contributed by atoms with van der Waals surface area (Å²) in [5.41, 5.74) is -0.925. The Hall–Kier alpha value is -2.25. The molecule has 0 spiro atoms. The molecule has 0 saturated carbocycles. The van der Waals surface area contributed by atoms with Crippen molar-refractivity contribution in [2.24, 2.45) is 7.05 Å². The van der Waals surface area contributed by atoms with E-state index in [0.29, 0.717) is 9.25 Å². The Labute approximate surface area is 98.7 Å². The van der Waals surface area contributed by atoms with Crippen molar-refractivity contribution in [1.29, 1.82) is 0 Å². The van der Waals surface area contributed by atoms with E-state index in [2.05, 4.69) is 5.10 Å². The molecule has 18 heavy (non-hydrogen) atoms. The van der Waals surface area contributed by atoms with Crippen molar-refractivity contribution in [2.45, 2.75) is 6.18 Å². The molecular weight excluding hydrogens is 251 g/mol. The van der Waals surface area contributed by atoms with Crippen molar-refractivity contribution in [1.82, 2.24) is 14.3 Å². The molecule has 0 aliphatic rings. The van der Waals surface area contributed by atoms with E-state index >= 15 is 0 Å². The summed E-state index contributed by atoms with van der Waals surface area (Å²) in [4.78, 5) is 11.6. The summed E-state index contributed by atoms with van der Waals surface area (Å²) in [6.07, 6.45) is -4.74. The molecule has 5 nitrogen and oxygen atoms in total. The van der Waals surface area contributed by atoms with Crippen LogP contribution in [0.15, 0.2) is 29.1 Å². The van der Waals surface area contributed by atoms with Crippen molar-refractivity contribution in [3.05, 3.63) is 40.6 Å². The van der Waals surface area contributed by atoms with E-state index in [1.807, 2.05) is 0 Å². The van der Waals surface area contributed by atoms with E-state index in [1.54, 1.807) is 0 Å². The van der Waals surface area contributed by atoms with Gasteiger partial charge >= 0.3 is 11.9 Å². The van der Waals surface area contributed by atoms with Crippen LogP contribution in [0.25, 0.3) is 5.69 Å². The standard InChI is InChI=1S/C10H8F3N3O2/c1-15-9(18)16(8(14-15)10(11,12)13)6-2-4-7(17)5-3-6/h2-5,17H,1H3. The first-order chi connectivity index (χ1) is 8.30. The van der Waals surface area contributed by atoms with E-state index in [0.717, 1.165) is 7.05 Å². The van der Waals surface area contributed by atoms with Crippen LogP contribution in [-0.2, 0) is 13.2 Å². The van der Waals surface area contributed by atoms with Gasteiger partial charge in [-0.2, -0.15) is 13.2 Å². The Morgan fingerprint density at radius 2 is 1.78 bits per heavy atom. The van der Waals surface area contributed by atoms with E-state index in [1.165, 1.54) is 24.3 Å². The first-order valence-corrected chi connectivity index (χ1v) is 4.83. The van der Waals surface area contributed by atoms with Crippen molar-refractivity contribution < 1.29 is 18.3 Å². The number of phenolic OH excluding ortho intramolecular Hbond substituents is 1. The fraction of sp³-hybridized carbons (Fsp3) is 0.200. The predicted octanol–water partition coefficient (Wildman–Crippen LogP) is 1.30. The zero-order chi connectivity index (χ0) is 13.5. The van der Waals surface area contributed by atoms with Gasteiger partial charge in [-0.1, -0.05) is 0 Å². The maximum atomic E-state index is 12.7. The third-order valence-corrected chi connectivity index (χ3v) is 2.29. The normalized spacial score (nSPS) is 11.8. The topological polar surface area (TPSA) is 60.1 Å². The van der Waals surface area contributed by atoms with Gasteiger partial charge in [-0.15, -0.1) is 5.10 Å². The zero-order valence-corrected chi connectivity index (χ0v) is 9.14. The third kappa shape index (κ3) is 1.96. The van der Waals surface area contributed by atoms with Crippen molar-refractivity contribution in [2.75, 3.05) is 0 Å². The predicted molar refractivity (Wildman–Crippen MR) is 55.5 cm³/mol. The van der Waals surface area contributed by atoms with E-state index in [4.69, 9.17) is 5.11 Å². The van der Waals surface area contributed by atoms with Crippen LogP contribution in [0.1, 0.15) is 5.82 Å². The van der Waals surface area contributed by atoms with Crippen LogP contribution in [0.4, 0.5) is 13.2 Å². The number of nitrogens with zero attached hydrogens (tertiary/aromatic N) is 3. The molecule has 0 unspecified atom stereocenters. The highest BCUT2D eigenvalue weighted by Gasteiger charge is 2.39. The molecule has 0 amide bonds. The number of hydrogen-bond acceptors (Lipinski definition) is 3. The molecule has 1 aromatic heterocycles. The van der Waals surface area contributed by atoms with Crippen molar-refractivity contribution >= 4 is 0 Å². The first-order valence-electron chi connectivity index (χ1n) is 4.83. The van der Waals surface area contributed by atoms with Crippen LogP contribution >= 0.6 is 0 Å². The monoisotopic (exact) mass is 259 g/mol. The van der Waals surface area contributed by atoms with E-state index < -0.39 is 17.7 Å². The van der Waals surface area contributed by atoms with Crippen LogP contribution in [-0.4, -0.2) is 19.5 Å². The lowest BCUT2D eigenvalue weighted by atomic mass is 10.3. The maximum absolute atomic E-state index is 12.7. The minimum atomic E-state index is -4.74. The van der Waals surface area contributed by atoms with Gasteiger partial charge in [-0.25, -0.2) is 14.0 Å². The number of benzene rings is 1. The maximum Gasteiger partial charge on any atom is 0.452 e. The Morgan fingerprint density at radius 3 is 2.28 bits per heavy atom. The molecule has 1 N–H and O–H groups in total. The van der Waals surface area contributed by atoms with Crippen LogP contribution in [0, 0.1) is 0 Å². The fourth-order valence-corrected chi connectivity index (χ4v) is 1.48. The lowest BCUT2D eigenvalue weighted by Gasteiger charge is -2.07. The van der Waals surface area contributed by atoms with Gasteiger partial charge in [0, 0.05) is 7.05 Å². The Balaban J connectivity index is 2.70. The second kappa shape index (κ2) is 3.90. The molecule has 8 heteroatoms. The van der Waals surface area contributed by atoms with Crippen molar-refractivity contribution in [3.8, 4) is 11.4 Å². The Morgan fingerprint density at radius 1 is 1.22 bits per heavy atom. The molecule has 0 radical (unpaired) electrons. The van der Waals surface area contributed by atoms with Gasteiger partial charge in [-0.05, 0) is 24.3 Å². The second-order valence-electron chi connectivity index (χ2n) is 3.58. The average molecular weight is 259 g/mol. The SMILES string of the molecule is Cn1nc(C(F)(F)F)n(-c2ccc(O)cc2)c1=O. The van der Waals surface area contributed by atoms with Gasteiger partial charge in [0.1, 0.15) is 5.75 Å². The molecule has 1 aromatic carbocycles. The summed E-state index contributed by atoms with van der Waals surface area (Å²) in [7, 11) is 1.13. The van der Waals surface area contributed by atoms with E-state index in [9.17, 15) is 18.0 Å². The minimum Gasteiger partial charge on any atom is -0.508 e. The van der Waals surface area contributed by atoms with Gasteiger partial charge < -0.3 is 5.11 Å². The fourth-order valence-electron chi connectivity index (χ4n) is 1.48. The summed E-state index contributed by atoms with van der Waals surface area (Å²) in [5.74, 6) is -1.41. The highest BCUT2D eigenvalue weighted by Crippen LogP contribution is 2.28. The summed E-state index contributed by atoms with van der Waals surface area (Å²) in [5, 5.41) is 12.2. The number of phenols is 1. The molecule has 96 valence electrons. The molecule has 0 aliphatic heterocycles. The molecular formula is C10H8F3N3O2. The molecule has 0 saturated heterocycles. The molecule has 0 fully saturated rings. The number of alkyl halides is 3. The Kier molecular flexibility index (Phi) is 2.64. The summed E-state index contributed by atoms with van der Waals surface area (Å²) in [6.45, 7) is 0. The van der Waals surface area contributed by atoms with Crippen LogP contribution in [0.5, 0.6) is 5.75 Å². The summed E-state index contributed by atoms with van der Waals surface area (Å²) in [6, 6.07) is 4.78. The molecule has 1 heterocycles. The van der Waals surface area contributed by atoms with Crippen LogP contribution < -0.4 is 5.69 Å². The number of aromatic hydroxyl groups is 1. The van der Waals surface area contributed by atoms with Gasteiger partial charge in [0.05, 0.1) is 5.69 Å². The number of aromatic nitrogens is 3. The van der Waals surface area contributed by atoms with E-state index in [-0.39, 0.29) is 11.4 Å². The highest BCUT2D eigenvalue weighted by molar-refractivity contribution is 5.37. The molecule has 0 atom stereocenters. The second-order valence-corrected chi connectivity index (χ2v) is 3.58. The highest BCUT2D eigenvalue weighted by atomic mass is 19.4. The number of rotatable bonds is 1. The number of halogens is 3. The molecule has 2 aromatic rings. The van der Waals surface area contributed by atoms with Gasteiger partial charge in [-0.3, -0.25) is 0 Å². The number of hydrogen-bond donors (Lipinski definition) is 1. The third-order valence-electron chi connectivity index (χ3n) is 2.29. The largest absolute Gasteiger partial charge is 0.508 e. The molecule has 0 bridgehead atoms. The molecule has 0 aliphatic carbocycles. The average Bonchev–Trinajstić information content (AvgIpc) is 2.57. The van der Waals surface area contributed by atoms with Crippen molar-refractivity contribution in [3.63, 3.8) is 0 Å². The van der Waals surface area contributed by atoms with Gasteiger partial charge in [0.15, 0.2) is 0 Å². The van der Waals surface area contributed by atoms with Gasteiger partial charge in [0.25, 0.3) is 0 Å². The smallest absolute Gasteiger partial charge is 0.452 e. The first kappa shape index (κ1) is 12.2. The zero-order valence-electron chi connectivity index (χ0n) is 9.14. The lowest BCUT2D eigenvalue weighted by Crippen LogP contribution is -2.24.